The number of amides is 1. The van der Waals surface area contributed by atoms with Gasteiger partial charge in [0.25, 0.3) is 5.91 Å². The SMILES string of the molecule is CC(C)(C(=O)O)N1C(=O)C(=Cc2ccc(-c3ccc(Cl)c(Cl)c3)o2)SC1=S. The molecule has 2 heterocycles. The van der Waals surface area contributed by atoms with E-state index in [4.69, 9.17) is 39.8 Å². The zero-order chi connectivity index (χ0) is 19.9. The largest absolute Gasteiger partial charge is 0.480 e. The molecule has 140 valence electrons. The van der Waals surface area contributed by atoms with Gasteiger partial charge in [0.1, 0.15) is 21.4 Å². The van der Waals surface area contributed by atoms with Crippen LogP contribution in [0.2, 0.25) is 10.0 Å². The Balaban J connectivity index is 1.89. The number of furan rings is 1. The monoisotopic (exact) mass is 441 g/mol. The molecule has 3 rings (SSSR count). The number of benzene rings is 1. The third-order valence-corrected chi connectivity index (χ3v) is 6.02. The number of carbonyl (C=O) groups is 2. The zero-order valence-electron chi connectivity index (χ0n) is 14.2. The van der Waals surface area contributed by atoms with Crippen molar-refractivity contribution >= 4 is 69.5 Å². The van der Waals surface area contributed by atoms with Crippen molar-refractivity contribution in [3.63, 3.8) is 0 Å². The van der Waals surface area contributed by atoms with E-state index in [-0.39, 0.29) is 4.32 Å². The molecule has 0 spiro atoms. The highest BCUT2D eigenvalue weighted by molar-refractivity contribution is 8.26. The molecule has 2 aromatic rings. The molecule has 1 aliphatic heterocycles. The molecule has 5 nitrogen and oxygen atoms in total. The van der Waals surface area contributed by atoms with Gasteiger partial charge >= 0.3 is 5.97 Å². The minimum atomic E-state index is -1.44. The van der Waals surface area contributed by atoms with E-state index >= 15 is 0 Å². The van der Waals surface area contributed by atoms with Crippen molar-refractivity contribution in [3.8, 4) is 11.3 Å². The molecule has 0 unspecified atom stereocenters. The number of hydrogen-bond donors (Lipinski definition) is 1. The molecule has 1 N–H and O–H groups in total. The summed E-state index contributed by atoms with van der Waals surface area (Å²) in [5.74, 6) is -0.615. The molecule has 0 bridgehead atoms. The Kier molecular flexibility index (Phi) is 5.40. The number of aliphatic carboxylic acids is 1. The van der Waals surface area contributed by atoms with Crippen molar-refractivity contribution in [2.24, 2.45) is 0 Å². The highest BCUT2D eigenvalue weighted by Gasteiger charge is 2.46. The lowest BCUT2D eigenvalue weighted by Gasteiger charge is -2.29. The van der Waals surface area contributed by atoms with Gasteiger partial charge < -0.3 is 9.52 Å². The second kappa shape index (κ2) is 7.31. The smallest absolute Gasteiger partial charge is 0.329 e. The van der Waals surface area contributed by atoms with Crippen molar-refractivity contribution in [3.05, 3.63) is 51.0 Å². The first-order chi connectivity index (χ1) is 12.6. The van der Waals surface area contributed by atoms with Crippen molar-refractivity contribution in [1.29, 1.82) is 0 Å². The standard InChI is InChI=1S/C18H13Cl2NO4S2/c1-18(2,16(23)24)21-15(22)14(27-17(21)26)8-10-4-6-13(25-10)9-3-5-11(19)12(20)7-9/h3-8H,1-2H3,(H,23,24). The average Bonchev–Trinajstić information content (AvgIpc) is 3.15. The number of hydrogen-bond acceptors (Lipinski definition) is 5. The first-order valence-electron chi connectivity index (χ1n) is 7.68. The van der Waals surface area contributed by atoms with Crippen molar-refractivity contribution in [1.82, 2.24) is 4.90 Å². The van der Waals surface area contributed by atoms with E-state index in [1.54, 1.807) is 30.3 Å². The number of nitrogens with zero attached hydrogens (tertiary/aromatic N) is 1. The molecule has 1 aliphatic rings. The van der Waals surface area contributed by atoms with E-state index < -0.39 is 17.4 Å². The van der Waals surface area contributed by atoms with Crippen LogP contribution in [0.25, 0.3) is 17.4 Å². The van der Waals surface area contributed by atoms with E-state index in [1.165, 1.54) is 19.9 Å². The summed E-state index contributed by atoms with van der Waals surface area (Å²) in [5.41, 5.74) is -0.700. The molecule has 27 heavy (non-hydrogen) atoms. The van der Waals surface area contributed by atoms with Crippen LogP contribution >= 0.6 is 47.2 Å². The third kappa shape index (κ3) is 3.78. The van der Waals surface area contributed by atoms with Crippen LogP contribution in [-0.4, -0.2) is 31.7 Å². The predicted octanol–water partition coefficient (Wildman–Crippen LogP) is 5.32. The lowest BCUT2D eigenvalue weighted by Crippen LogP contribution is -2.52. The lowest BCUT2D eigenvalue weighted by atomic mass is 10.0. The van der Waals surface area contributed by atoms with Crippen LogP contribution in [0.4, 0.5) is 0 Å². The maximum absolute atomic E-state index is 12.6. The summed E-state index contributed by atoms with van der Waals surface area (Å²) in [5, 5.41) is 10.2. The Morgan fingerprint density at radius 1 is 1.26 bits per heavy atom. The van der Waals surface area contributed by atoms with Crippen LogP contribution in [-0.2, 0) is 9.59 Å². The fourth-order valence-corrected chi connectivity index (χ4v) is 4.23. The summed E-state index contributed by atoms with van der Waals surface area (Å²) in [6.45, 7) is 2.86. The number of thiocarbonyl (C=S) groups is 1. The van der Waals surface area contributed by atoms with Crippen LogP contribution in [0.5, 0.6) is 0 Å². The average molecular weight is 442 g/mol. The van der Waals surface area contributed by atoms with Gasteiger partial charge in [-0.3, -0.25) is 9.69 Å². The van der Waals surface area contributed by atoms with Gasteiger partial charge in [-0.25, -0.2) is 4.79 Å². The van der Waals surface area contributed by atoms with E-state index in [0.29, 0.717) is 26.5 Å². The maximum Gasteiger partial charge on any atom is 0.329 e. The minimum Gasteiger partial charge on any atom is -0.480 e. The molecule has 1 amide bonds. The van der Waals surface area contributed by atoms with Crippen LogP contribution in [0.15, 0.2) is 39.7 Å². The Morgan fingerprint density at radius 3 is 2.59 bits per heavy atom. The van der Waals surface area contributed by atoms with Gasteiger partial charge in [0.15, 0.2) is 0 Å². The predicted molar refractivity (Wildman–Crippen MR) is 111 cm³/mol. The number of thioether (sulfide) groups is 1. The minimum absolute atomic E-state index is 0.190. The summed E-state index contributed by atoms with van der Waals surface area (Å²) >= 11 is 18.2. The molecular weight excluding hydrogens is 429 g/mol. The highest BCUT2D eigenvalue weighted by Crippen LogP contribution is 2.38. The van der Waals surface area contributed by atoms with Crippen molar-refractivity contribution < 1.29 is 19.1 Å². The van der Waals surface area contributed by atoms with E-state index in [9.17, 15) is 14.7 Å². The fraction of sp³-hybridized carbons (Fsp3) is 0.167. The Hall–Kier alpha value is -1.80. The van der Waals surface area contributed by atoms with Gasteiger partial charge in [-0.1, -0.05) is 47.2 Å². The van der Waals surface area contributed by atoms with Crippen LogP contribution < -0.4 is 0 Å². The van der Waals surface area contributed by atoms with Crippen LogP contribution in [0.1, 0.15) is 19.6 Å². The Labute approximate surface area is 174 Å². The van der Waals surface area contributed by atoms with Gasteiger partial charge in [0, 0.05) is 11.6 Å². The first-order valence-corrected chi connectivity index (χ1v) is 9.66. The van der Waals surface area contributed by atoms with Crippen LogP contribution in [0, 0.1) is 0 Å². The highest BCUT2D eigenvalue weighted by atomic mass is 35.5. The summed E-state index contributed by atoms with van der Waals surface area (Å²) in [6, 6.07) is 8.56. The zero-order valence-corrected chi connectivity index (χ0v) is 17.3. The Morgan fingerprint density at radius 2 is 1.96 bits per heavy atom. The maximum atomic E-state index is 12.6. The molecule has 9 heteroatoms. The summed E-state index contributed by atoms with van der Waals surface area (Å²) < 4.78 is 5.95. The van der Waals surface area contributed by atoms with E-state index in [0.717, 1.165) is 22.2 Å². The fourth-order valence-electron chi connectivity index (χ4n) is 2.41. The van der Waals surface area contributed by atoms with Gasteiger partial charge in [-0.2, -0.15) is 0 Å². The molecule has 1 aromatic heterocycles. The third-order valence-electron chi connectivity index (χ3n) is 3.98. The second-order valence-electron chi connectivity index (χ2n) is 6.21. The quantitative estimate of drug-likeness (QED) is 0.511. The topological polar surface area (TPSA) is 70.8 Å². The first kappa shape index (κ1) is 19.9. The summed E-state index contributed by atoms with van der Waals surface area (Å²) in [7, 11) is 0. The molecule has 1 fully saturated rings. The molecular formula is C18H13Cl2NO4S2. The van der Waals surface area contributed by atoms with Gasteiger partial charge in [0.2, 0.25) is 0 Å². The normalized spacial score (nSPS) is 16.4. The summed E-state index contributed by atoms with van der Waals surface area (Å²) in [6.07, 6.45) is 1.54. The van der Waals surface area contributed by atoms with E-state index in [1.807, 2.05) is 0 Å². The number of rotatable bonds is 4. The number of carbonyl (C=O) groups excluding carboxylic acids is 1. The van der Waals surface area contributed by atoms with Crippen LogP contribution in [0.3, 0.4) is 0 Å². The van der Waals surface area contributed by atoms with Gasteiger partial charge in [0.05, 0.1) is 15.0 Å². The molecule has 0 radical (unpaired) electrons. The lowest BCUT2D eigenvalue weighted by molar-refractivity contribution is -0.150. The van der Waals surface area contributed by atoms with Crippen molar-refractivity contribution in [2.75, 3.05) is 0 Å². The van der Waals surface area contributed by atoms with Gasteiger partial charge in [-0.15, -0.1) is 0 Å². The van der Waals surface area contributed by atoms with Gasteiger partial charge in [-0.05, 0) is 44.2 Å². The van der Waals surface area contributed by atoms with Crippen molar-refractivity contribution in [2.45, 2.75) is 19.4 Å². The number of carboxylic acids is 1. The summed E-state index contributed by atoms with van der Waals surface area (Å²) in [4.78, 5) is 25.5. The molecule has 0 saturated carbocycles. The Bertz CT molecular complexity index is 997. The number of carboxylic acid groups (broad SMARTS) is 1. The molecule has 0 aliphatic carbocycles. The molecule has 1 saturated heterocycles. The molecule has 1 aromatic carbocycles. The number of halogens is 2. The second-order valence-corrected chi connectivity index (χ2v) is 8.70. The molecule has 0 atom stereocenters. The van der Waals surface area contributed by atoms with E-state index in [2.05, 4.69) is 0 Å².